The van der Waals surface area contributed by atoms with Crippen molar-refractivity contribution in [2.45, 2.75) is 58.3 Å². The summed E-state index contributed by atoms with van der Waals surface area (Å²) in [6, 6.07) is 8.94. The summed E-state index contributed by atoms with van der Waals surface area (Å²) in [4.78, 5) is 0. The second-order valence-corrected chi connectivity index (χ2v) is 7.48. The lowest BCUT2D eigenvalue weighted by atomic mass is 10.0. The first-order chi connectivity index (χ1) is 8.38. The van der Waals surface area contributed by atoms with Gasteiger partial charge in [-0.25, -0.2) is 0 Å². The predicted molar refractivity (Wildman–Crippen MR) is 82.5 cm³/mol. The smallest absolute Gasteiger partial charge is 0.296 e. The lowest BCUT2D eigenvalue weighted by molar-refractivity contribution is 0.589. The molecule has 0 bridgehead atoms. The van der Waals surface area contributed by atoms with Gasteiger partial charge in [0.2, 0.25) is 0 Å². The van der Waals surface area contributed by atoms with E-state index < -0.39 is 0 Å². The molecule has 0 saturated heterocycles. The van der Waals surface area contributed by atoms with E-state index in [0.717, 1.165) is 0 Å². The van der Waals surface area contributed by atoms with Gasteiger partial charge in [-0.15, -0.1) is 3.69 Å². The number of rotatable bonds is 9. The second-order valence-electron chi connectivity index (χ2n) is 4.77. The van der Waals surface area contributed by atoms with Gasteiger partial charge in [-0.3, -0.25) is 12.9 Å². The molecule has 0 N–H and O–H groups in total. The molecule has 0 atom stereocenters. The molecule has 0 fully saturated rings. The Bertz CT molecular complexity index is 299. The van der Waals surface area contributed by atoms with Crippen LogP contribution in [0.3, 0.4) is 0 Å². The van der Waals surface area contributed by atoms with Crippen LogP contribution in [0.1, 0.15) is 57.4 Å². The summed E-state index contributed by atoms with van der Waals surface area (Å²) in [5, 5.41) is 0. The van der Waals surface area contributed by atoms with E-state index in [9.17, 15) is 0 Å². The molecule has 0 unspecified atom stereocenters. The van der Waals surface area contributed by atoms with Gasteiger partial charge in [-0.1, -0.05) is 75.3 Å². The molecule has 1 aromatic rings. The molecule has 0 aliphatic heterocycles. The van der Waals surface area contributed by atoms with Gasteiger partial charge in [0.25, 0.3) is 0 Å². The molecule has 0 heterocycles. The Morgan fingerprint density at radius 1 is 0.941 bits per heavy atom. The topological polar surface area (TPSA) is 0 Å². The maximum absolute atomic E-state index is 3.70. The monoisotopic (exact) mass is 306 g/mol. The van der Waals surface area contributed by atoms with Gasteiger partial charge >= 0.3 is 18.2 Å². The zero-order valence-corrected chi connectivity index (χ0v) is 14.1. The highest BCUT2D eigenvalue weighted by Gasteiger charge is 2.01. The Hall–Kier alpha value is 0.466. The minimum atomic E-state index is -0.176. The number of unbranched alkanes of at least 4 members (excludes halogenated alkanes) is 6. The van der Waals surface area contributed by atoms with Gasteiger partial charge in [0.1, 0.15) is 0 Å². The van der Waals surface area contributed by atoms with Crippen LogP contribution >= 0.6 is 12.9 Å². The Morgan fingerprint density at radius 3 is 2.29 bits per heavy atom. The van der Waals surface area contributed by atoms with E-state index in [-0.39, 0.29) is 18.2 Å². The van der Waals surface area contributed by atoms with E-state index in [0.29, 0.717) is 0 Å². The summed E-state index contributed by atoms with van der Waals surface area (Å²) in [7, 11) is 0. The fraction of sp³-hybridized carbons (Fsp3) is 0.600. The van der Waals surface area contributed by atoms with Gasteiger partial charge in [-0.05, 0) is 12.8 Å². The third-order valence-electron chi connectivity index (χ3n) is 3.31. The van der Waals surface area contributed by atoms with Crippen LogP contribution in [0.4, 0.5) is 0 Å². The highest BCUT2D eigenvalue weighted by molar-refractivity contribution is 9.23. The maximum atomic E-state index is 3.70. The fourth-order valence-corrected chi connectivity index (χ4v) is 4.54. The van der Waals surface area contributed by atoms with Gasteiger partial charge in [0.05, 0.1) is 0 Å². The SMILES string of the molecule is CCCCCCCCCc1cccc[c]1[Mg][Br]. The van der Waals surface area contributed by atoms with Crippen LogP contribution in [0.25, 0.3) is 0 Å². The average molecular weight is 308 g/mol. The van der Waals surface area contributed by atoms with Crippen LogP contribution in [-0.4, -0.2) is 18.2 Å². The summed E-state index contributed by atoms with van der Waals surface area (Å²) in [5.74, 6) is 0. The van der Waals surface area contributed by atoms with E-state index in [1.54, 1.807) is 9.26 Å². The molecule has 1 aromatic carbocycles. The molecular weight excluding hydrogens is 284 g/mol. The standard InChI is InChI=1S/C15H23.BrH.Mg/c1-2-3-4-5-6-7-9-12-15-13-10-8-11-14-15;;/h8,10-11,13H,2-7,9,12H2,1H3;1H;/q;;+1/p-1. The van der Waals surface area contributed by atoms with Crippen LogP contribution < -0.4 is 3.69 Å². The normalized spacial score (nSPS) is 10.2. The number of hydrogen-bond donors (Lipinski definition) is 0. The van der Waals surface area contributed by atoms with Crippen LogP contribution in [0.2, 0.25) is 0 Å². The second kappa shape index (κ2) is 10.4. The molecule has 0 spiro atoms. The zero-order valence-electron chi connectivity index (χ0n) is 11.1. The molecule has 92 valence electrons. The van der Waals surface area contributed by atoms with E-state index in [1.807, 2.05) is 0 Å². The van der Waals surface area contributed by atoms with E-state index >= 15 is 0 Å². The number of hydrogen-bond acceptors (Lipinski definition) is 0. The van der Waals surface area contributed by atoms with Crippen LogP contribution in [0, 0.1) is 0 Å². The van der Waals surface area contributed by atoms with Crippen molar-refractivity contribution in [2.24, 2.45) is 0 Å². The van der Waals surface area contributed by atoms with Crippen molar-refractivity contribution in [1.29, 1.82) is 0 Å². The van der Waals surface area contributed by atoms with Crippen molar-refractivity contribution in [3.8, 4) is 0 Å². The first-order valence-corrected chi connectivity index (χ1v) is 11.6. The summed E-state index contributed by atoms with van der Waals surface area (Å²) < 4.78 is 1.60. The third-order valence-corrected chi connectivity index (χ3v) is 6.10. The fourth-order valence-electron chi connectivity index (χ4n) is 2.20. The minimum absolute atomic E-state index is 0.176. The highest BCUT2D eigenvalue weighted by Crippen LogP contribution is 2.09. The van der Waals surface area contributed by atoms with Crippen LogP contribution in [0.5, 0.6) is 0 Å². The third kappa shape index (κ3) is 6.83. The number of benzene rings is 1. The molecule has 1 rings (SSSR count). The van der Waals surface area contributed by atoms with Crippen LogP contribution in [0.15, 0.2) is 24.3 Å². The van der Waals surface area contributed by atoms with Crippen molar-refractivity contribution < 1.29 is 0 Å². The van der Waals surface area contributed by atoms with E-state index in [2.05, 4.69) is 44.1 Å². The molecule has 2 heteroatoms. The molecule has 0 aromatic heterocycles. The lowest BCUT2D eigenvalue weighted by Gasteiger charge is -2.07. The molecule has 0 radical (unpaired) electrons. The quantitative estimate of drug-likeness (QED) is 0.461. The molecule has 0 aliphatic carbocycles. The molecule has 0 saturated carbocycles. The highest BCUT2D eigenvalue weighted by atomic mass is 79.9. The minimum Gasteiger partial charge on any atom is -0.296 e. The maximum Gasteiger partial charge on any atom is 0.507 e. The van der Waals surface area contributed by atoms with Crippen molar-refractivity contribution >= 4 is 34.8 Å². The van der Waals surface area contributed by atoms with Crippen LogP contribution in [-0.2, 0) is 6.42 Å². The summed E-state index contributed by atoms with van der Waals surface area (Å²) in [6.07, 6.45) is 11.1. The van der Waals surface area contributed by atoms with Gasteiger partial charge in [0, 0.05) is 0 Å². The average Bonchev–Trinajstić information content (AvgIpc) is 2.38. The molecule has 0 amide bonds. The molecular formula is C15H23BrMg. The first-order valence-electron chi connectivity index (χ1n) is 7.01. The summed E-state index contributed by atoms with van der Waals surface area (Å²) in [6.45, 7) is 2.28. The van der Waals surface area contributed by atoms with Gasteiger partial charge < -0.3 is 0 Å². The van der Waals surface area contributed by atoms with Gasteiger partial charge in [-0.2, -0.15) is 0 Å². The summed E-state index contributed by atoms with van der Waals surface area (Å²) >= 11 is 3.52. The van der Waals surface area contributed by atoms with Crippen molar-refractivity contribution in [3.63, 3.8) is 0 Å². The predicted octanol–water partition coefficient (Wildman–Crippen LogP) is 4.62. The van der Waals surface area contributed by atoms with Crippen molar-refractivity contribution in [1.82, 2.24) is 0 Å². The largest absolute Gasteiger partial charge is 0.507 e. The zero-order chi connectivity index (χ0) is 12.3. The van der Waals surface area contributed by atoms with Gasteiger partial charge in [0.15, 0.2) is 0 Å². The number of aryl methyl sites for hydroxylation is 1. The van der Waals surface area contributed by atoms with E-state index in [4.69, 9.17) is 0 Å². The first kappa shape index (κ1) is 15.5. The Kier molecular flexibility index (Phi) is 9.49. The molecule has 17 heavy (non-hydrogen) atoms. The summed E-state index contributed by atoms with van der Waals surface area (Å²) in [5.41, 5.74) is 1.59. The lowest BCUT2D eigenvalue weighted by Crippen LogP contribution is -2.14. The van der Waals surface area contributed by atoms with Crippen molar-refractivity contribution in [2.75, 3.05) is 0 Å². The van der Waals surface area contributed by atoms with Crippen molar-refractivity contribution in [3.05, 3.63) is 29.8 Å². The number of halogens is 1. The molecule has 0 aliphatic rings. The Balaban J connectivity index is 2.13. The Morgan fingerprint density at radius 2 is 1.59 bits per heavy atom. The van der Waals surface area contributed by atoms with E-state index in [1.165, 1.54) is 51.4 Å². The molecule has 0 nitrogen and oxygen atoms in total. The Labute approximate surface area is 122 Å².